The van der Waals surface area contributed by atoms with E-state index >= 15 is 0 Å². The topological polar surface area (TPSA) is 49.4 Å². The first-order valence-corrected chi connectivity index (χ1v) is 10.2. The third-order valence-electron chi connectivity index (χ3n) is 4.91. The van der Waals surface area contributed by atoms with Crippen molar-refractivity contribution in [3.05, 3.63) is 58.3 Å². The number of aryl methyl sites for hydroxylation is 1. The number of nitrogens with one attached hydrogen (secondary N) is 1. The number of amides is 2. The van der Waals surface area contributed by atoms with Crippen LogP contribution < -0.4 is 5.32 Å². The van der Waals surface area contributed by atoms with Gasteiger partial charge in [-0.1, -0.05) is 36.4 Å². The van der Waals surface area contributed by atoms with Gasteiger partial charge in [0.2, 0.25) is 5.91 Å². The van der Waals surface area contributed by atoms with E-state index < -0.39 is 0 Å². The largest absolute Gasteiger partial charge is 0.353 e. The summed E-state index contributed by atoms with van der Waals surface area (Å²) in [5.74, 6) is 0.0238. The molecule has 0 spiro atoms. The molecular formula is C21H26N2O2S. The molecule has 0 bridgehead atoms. The van der Waals surface area contributed by atoms with Gasteiger partial charge in [0.15, 0.2) is 0 Å². The van der Waals surface area contributed by atoms with Gasteiger partial charge in [-0.25, -0.2) is 0 Å². The number of hydrogen-bond donors (Lipinski definition) is 1. The maximum Gasteiger partial charge on any atom is 0.263 e. The van der Waals surface area contributed by atoms with Crippen molar-refractivity contribution in [2.75, 3.05) is 13.1 Å². The van der Waals surface area contributed by atoms with Crippen molar-refractivity contribution in [2.45, 2.75) is 38.6 Å². The highest BCUT2D eigenvalue weighted by Crippen LogP contribution is 2.21. The molecule has 1 aromatic heterocycles. The number of benzene rings is 1. The molecule has 2 aromatic rings. The van der Waals surface area contributed by atoms with Gasteiger partial charge in [0.1, 0.15) is 0 Å². The van der Waals surface area contributed by atoms with E-state index in [2.05, 4.69) is 24.4 Å². The molecule has 2 heterocycles. The van der Waals surface area contributed by atoms with E-state index in [1.54, 1.807) is 0 Å². The van der Waals surface area contributed by atoms with E-state index in [0.717, 1.165) is 37.1 Å². The molecule has 0 unspecified atom stereocenters. The SMILES string of the molecule is C[C@@H](CCc1ccccc1)NC(=O)[C@@H]1CCCN(C(=O)c2cccs2)C1. The highest BCUT2D eigenvalue weighted by molar-refractivity contribution is 7.12. The van der Waals surface area contributed by atoms with Gasteiger partial charge < -0.3 is 10.2 Å². The lowest BCUT2D eigenvalue weighted by molar-refractivity contribution is -0.127. The van der Waals surface area contributed by atoms with Gasteiger partial charge in [-0.3, -0.25) is 9.59 Å². The molecule has 1 aliphatic heterocycles. The monoisotopic (exact) mass is 370 g/mol. The Morgan fingerprint density at radius 1 is 1.23 bits per heavy atom. The summed E-state index contributed by atoms with van der Waals surface area (Å²) in [6, 6.07) is 14.2. The maximum atomic E-state index is 12.6. The van der Waals surface area contributed by atoms with Crippen LogP contribution in [0.25, 0.3) is 0 Å². The van der Waals surface area contributed by atoms with E-state index in [-0.39, 0.29) is 23.8 Å². The molecule has 138 valence electrons. The average Bonchev–Trinajstić information content (AvgIpc) is 3.21. The smallest absolute Gasteiger partial charge is 0.263 e. The van der Waals surface area contributed by atoms with Crippen LogP contribution in [0.4, 0.5) is 0 Å². The second kappa shape index (κ2) is 8.99. The van der Waals surface area contributed by atoms with E-state index in [1.807, 2.05) is 40.6 Å². The van der Waals surface area contributed by atoms with Crippen LogP contribution in [-0.2, 0) is 11.2 Å². The summed E-state index contributed by atoms with van der Waals surface area (Å²) in [5, 5.41) is 5.05. The number of thiophene rings is 1. The number of rotatable bonds is 6. The Bertz CT molecular complexity index is 715. The lowest BCUT2D eigenvalue weighted by Gasteiger charge is -2.32. The van der Waals surface area contributed by atoms with Crippen LogP contribution in [0.5, 0.6) is 0 Å². The molecule has 1 aromatic carbocycles. The van der Waals surface area contributed by atoms with Crippen LogP contribution in [0, 0.1) is 5.92 Å². The Morgan fingerprint density at radius 2 is 2.04 bits per heavy atom. The lowest BCUT2D eigenvalue weighted by atomic mass is 9.96. The molecule has 5 heteroatoms. The van der Waals surface area contributed by atoms with E-state index in [9.17, 15) is 9.59 Å². The first-order valence-electron chi connectivity index (χ1n) is 9.30. The molecule has 3 rings (SSSR count). The van der Waals surface area contributed by atoms with Crippen LogP contribution in [0.15, 0.2) is 47.8 Å². The summed E-state index contributed by atoms with van der Waals surface area (Å²) >= 11 is 1.46. The first kappa shape index (κ1) is 18.6. The fraction of sp³-hybridized carbons (Fsp3) is 0.429. The zero-order chi connectivity index (χ0) is 18.4. The van der Waals surface area contributed by atoms with Gasteiger partial charge in [0.25, 0.3) is 5.91 Å². The van der Waals surface area contributed by atoms with Crippen molar-refractivity contribution in [1.82, 2.24) is 10.2 Å². The second-order valence-corrected chi connectivity index (χ2v) is 7.95. The van der Waals surface area contributed by atoms with Gasteiger partial charge >= 0.3 is 0 Å². The molecule has 1 saturated heterocycles. The summed E-state index contributed by atoms with van der Waals surface area (Å²) in [5.41, 5.74) is 1.29. The van der Waals surface area contributed by atoms with Crippen molar-refractivity contribution < 1.29 is 9.59 Å². The summed E-state index contributed by atoms with van der Waals surface area (Å²) in [6.45, 7) is 3.32. The average molecular weight is 371 g/mol. The fourth-order valence-corrected chi connectivity index (χ4v) is 4.08. The summed E-state index contributed by atoms with van der Waals surface area (Å²) in [6.07, 6.45) is 3.61. The van der Waals surface area contributed by atoms with Crippen LogP contribution in [-0.4, -0.2) is 35.8 Å². The van der Waals surface area contributed by atoms with Crippen molar-refractivity contribution in [3.8, 4) is 0 Å². The summed E-state index contributed by atoms with van der Waals surface area (Å²) in [7, 11) is 0. The zero-order valence-corrected chi connectivity index (χ0v) is 16.0. The van der Waals surface area contributed by atoms with Crippen LogP contribution >= 0.6 is 11.3 Å². The van der Waals surface area contributed by atoms with Crippen molar-refractivity contribution >= 4 is 23.2 Å². The molecular weight excluding hydrogens is 344 g/mol. The second-order valence-electron chi connectivity index (χ2n) is 7.00. The lowest BCUT2D eigenvalue weighted by Crippen LogP contribution is -2.47. The standard InChI is InChI=1S/C21H26N2O2S/c1-16(11-12-17-7-3-2-4-8-17)22-20(24)18-9-5-13-23(15-18)21(25)19-10-6-14-26-19/h2-4,6-8,10,14,16,18H,5,9,11-13,15H2,1H3,(H,22,24)/t16-,18+/m0/s1. The third-order valence-corrected chi connectivity index (χ3v) is 5.77. The Morgan fingerprint density at radius 3 is 2.77 bits per heavy atom. The molecule has 0 saturated carbocycles. The van der Waals surface area contributed by atoms with Crippen molar-refractivity contribution in [1.29, 1.82) is 0 Å². The van der Waals surface area contributed by atoms with Crippen molar-refractivity contribution in [2.24, 2.45) is 5.92 Å². The van der Waals surface area contributed by atoms with E-state index in [1.165, 1.54) is 16.9 Å². The fourth-order valence-electron chi connectivity index (χ4n) is 3.39. The third kappa shape index (κ3) is 4.94. The highest BCUT2D eigenvalue weighted by atomic mass is 32.1. The minimum absolute atomic E-state index is 0.0506. The first-order chi connectivity index (χ1) is 12.6. The molecule has 2 amide bonds. The minimum Gasteiger partial charge on any atom is -0.353 e. The Labute approximate surface area is 159 Å². The quantitative estimate of drug-likeness (QED) is 0.842. The van der Waals surface area contributed by atoms with Crippen LogP contribution in [0.3, 0.4) is 0 Å². The number of piperidine rings is 1. The van der Waals surface area contributed by atoms with Crippen LogP contribution in [0.2, 0.25) is 0 Å². The normalized spacial score (nSPS) is 18.3. The predicted molar refractivity (Wildman–Crippen MR) is 105 cm³/mol. The molecule has 0 aliphatic carbocycles. The molecule has 0 radical (unpaired) electrons. The number of nitrogens with zero attached hydrogens (tertiary/aromatic N) is 1. The van der Waals surface area contributed by atoms with Gasteiger partial charge in [-0.05, 0) is 49.6 Å². The van der Waals surface area contributed by atoms with Gasteiger partial charge in [0, 0.05) is 19.1 Å². The summed E-state index contributed by atoms with van der Waals surface area (Å²) < 4.78 is 0. The molecule has 1 N–H and O–H groups in total. The zero-order valence-electron chi connectivity index (χ0n) is 15.2. The van der Waals surface area contributed by atoms with Gasteiger partial charge in [-0.15, -0.1) is 11.3 Å². The Balaban J connectivity index is 1.48. The Hall–Kier alpha value is -2.14. The van der Waals surface area contributed by atoms with Crippen molar-refractivity contribution in [3.63, 3.8) is 0 Å². The number of hydrogen-bond acceptors (Lipinski definition) is 3. The van der Waals surface area contributed by atoms with Crippen LogP contribution in [0.1, 0.15) is 41.4 Å². The maximum absolute atomic E-state index is 12.6. The highest BCUT2D eigenvalue weighted by Gasteiger charge is 2.29. The number of likely N-dealkylation sites (tertiary alicyclic amines) is 1. The number of carbonyl (C=O) groups is 2. The van der Waals surface area contributed by atoms with E-state index in [4.69, 9.17) is 0 Å². The summed E-state index contributed by atoms with van der Waals surface area (Å²) in [4.78, 5) is 27.7. The van der Waals surface area contributed by atoms with Gasteiger partial charge in [-0.2, -0.15) is 0 Å². The van der Waals surface area contributed by atoms with E-state index in [0.29, 0.717) is 6.54 Å². The predicted octanol–water partition coefficient (Wildman–Crippen LogP) is 3.74. The van der Waals surface area contributed by atoms with Gasteiger partial charge in [0.05, 0.1) is 10.8 Å². The Kier molecular flexibility index (Phi) is 6.45. The molecule has 2 atom stereocenters. The number of carbonyl (C=O) groups excluding carboxylic acids is 2. The molecule has 4 nitrogen and oxygen atoms in total. The molecule has 26 heavy (non-hydrogen) atoms. The molecule has 1 fully saturated rings. The molecule has 1 aliphatic rings. The minimum atomic E-state index is -0.105.